The van der Waals surface area contributed by atoms with Gasteiger partial charge in [-0.3, -0.25) is 30.2 Å². The fourth-order valence-electron chi connectivity index (χ4n) is 9.16. The highest BCUT2D eigenvalue weighted by Crippen LogP contribution is 2.40. The molecule has 6 rings (SSSR count). The van der Waals surface area contributed by atoms with E-state index in [1.807, 2.05) is 36.7 Å². The summed E-state index contributed by atoms with van der Waals surface area (Å²) in [5.74, 6) is 3.00. The Balaban J connectivity index is 0.000000299. The van der Waals surface area contributed by atoms with Crippen molar-refractivity contribution in [3.05, 3.63) is 119 Å². The predicted molar refractivity (Wildman–Crippen MR) is 295 cm³/mol. The van der Waals surface area contributed by atoms with Crippen molar-refractivity contribution in [2.24, 2.45) is 15.7 Å². The number of guanidine groups is 2. The van der Waals surface area contributed by atoms with Crippen LogP contribution in [0, 0.1) is 22.9 Å². The number of carbonyl (C=O) groups excluding carboxylic acids is 2. The topological polar surface area (TPSA) is 233 Å². The molecule has 0 heterocycles. The zero-order valence-electron chi connectivity index (χ0n) is 44.7. The maximum absolute atomic E-state index is 13.1. The fourth-order valence-corrected chi connectivity index (χ4v) is 9.32. The molecular formula is C56H78ClN11O6. The number of halogens is 1. The van der Waals surface area contributed by atoms with Crippen LogP contribution in [0.15, 0.2) is 107 Å². The van der Waals surface area contributed by atoms with Crippen LogP contribution in [0.25, 0.3) is 0 Å². The Labute approximate surface area is 444 Å². The number of nitrogens with one attached hydrogen (secondary N) is 5. The molecule has 2 fully saturated rings. The Morgan fingerprint density at radius 1 is 0.649 bits per heavy atom. The normalized spacial score (nSPS) is 19.1. The molecule has 2 aliphatic rings. The van der Waals surface area contributed by atoms with Crippen molar-refractivity contribution in [2.45, 2.75) is 95.1 Å². The third-order valence-electron chi connectivity index (χ3n) is 13.7. The van der Waals surface area contributed by atoms with Crippen LogP contribution < -0.4 is 51.3 Å². The summed E-state index contributed by atoms with van der Waals surface area (Å²) in [4.78, 5) is 34.4. The van der Waals surface area contributed by atoms with Gasteiger partial charge in [0, 0.05) is 62.2 Å². The molecule has 0 radical (unpaired) electrons. The number of nitrogens with two attached hydrogens (primary N) is 1. The second-order valence-corrected chi connectivity index (χ2v) is 18.0. The third-order valence-corrected chi connectivity index (χ3v) is 13.9. The van der Waals surface area contributed by atoms with Crippen LogP contribution in [-0.2, 0) is 10.8 Å². The Kier molecular flexibility index (Phi) is 27.2. The summed E-state index contributed by atoms with van der Waals surface area (Å²) in [7, 11) is 9.45. The summed E-state index contributed by atoms with van der Waals surface area (Å²) in [6.45, 7) is 11.3. The molecule has 0 aromatic heterocycles. The minimum Gasteiger partial charge on any atom is -0.497 e. The highest BCUT2D eigenvalue weighted by atomic mass is 35.5. The SMILES string of the molecule is CCN(CC)CC.CN=C(NC#N)NC1CCC(CN)(c2ccccc2)CC1.CN=C(NC#N)NC1CCC(CNC(=O)c2ccc(OC)cc2OC)(c2ccccc2)CC1.COc1ccc(C(=O)Cl)c(OC)c1. The first-order valence-corrected chi connectivity index (χ1v) is 25.4. The van der Waals surface area contributed by atoms with Gasteiger partial charge in [-0.1, -0.05) is 81.4 Å². The van der Waals surface area contributed by atoms with Crippen LogP contribution >= 0.6 is 11.6 Å². The van der Waals surface area contributed by atoms with Gasteiger partial charge < -0.3 is 45.5 Å². The van der Waals surface area contributed by atoms with Gasteiger partial charge in [-0.15, -0.1) is 0 Å². The smallest absolute Gasteiger partial charge is 0.256 e. The highest BCUT2D eigenvalue weighted by molar-refractivity contribution is 6.68. The Bertz CT molecular complexity index is 2440. The standard InChI is InChI=1S/C25H31N5O3.C16H23N5.C9H9ClO3.C6H15N/c1-27-24(29-17-26)30-19-11-13-25(14-12-19,18-7-5-4-6-8-18)16-28-23(31)21-10-9-20(32-2)15-22(21)33-3;1-19-15(20-12-18)21-14-7-9-16(11-17,10-8-14)13-5-3-2-4-6-13;1-12-6-3-4-7(9(10)11)8(5-6)13-2;1-4-7(5-2)6-3/h4-10,15,19H,11-14,16H2,1-3H3,(H,28,31)(H2,27,29,30);2-6,14H,7-11,17H2,1H3,(H2,19,20,21);3-5H,1-2H3;4-6H2,1-3H3. The van der Waals surface area contributed by atoms with Gasteiger partial charge in [0.05, 0.1) is 39.6 Å². The van der Waals surface area contributed by atoms with E-state index in [0.717, 1.165) is 51.4 Å². The summed E-state index contributed by atoms with van der Waals surface area (Å²) in [5, 5.41) is 31.9. The lowest BCUT2D eigenvalue weighted by Crippen LogP contribution is -2.49. The van der Waals surface area contributed by atoms with Crippen LogP contribution in [0.2, 0.25) is 0 Å². The van der Waals surface area contributed by atoms with E-state index in [2.05, 4.69) is 98.6 Å². The number of benzene rings is 4. The quantitative estimate of drug-likeness (QED) is 0.0206. The van der Waals surface area contributed by atoms with Gasteiger partial charge in [-0.25, -0.2) is 0 Å². The van der Waals surface area contributed by atoms with Gasteiger partial charge >= 0.3 is 0 Å². The van der Waals surface area contributed by atoms with Gasteiger partial charge in [0.15, 0.2) is 12.4 Å². The van der Waals surface area contributed by atoms with Crippen molar-refractivity contribution >= 4 is 34.7 Å². The van der Waals surface area contributed by atoms with E-state index in [1.54, 1.807) is 64.7 Å². The van der Waals surface area contributed by atoms with E-state index in [9.17, 15) is 9.59 Å². The number of ether oxygens (including phenoxy) is 4. The predicted octanol–water partition coefficient (Wildman–Crippen LogP) is 7.86. The zero-order valence-corrected chi connectivity index (χ0v) is 45.5. The number of carbonyl (C=O) groups is 2. The zero-order chi connectivity index (χ0) is 54.4. The van der Waals surface area contributed by atoms with Gasteiger partial charge in [-0.05, 0) is 118 Å². The Hall–Kier alpha value is -7.05. The van der Waals surface area contributed by atoms with Gasteiger partial charge in [0.25, 0.3) is 11.1 Å². The summed E-state index contributed by atoms with van der Waals surface area (Å²) >= 11 is 5.32. The second kappa shape index (κ2) is 32.9. The molecule has 0 saturated heterocycles. The van der Waals surface area contributed by atoms with Crippen molar-refractivity contribution in [3.63, 3.8) is 0 Å². The lowest BCUT2D eigenvalue weighted by molar-refractivity contribution is 0.0931. The monoisotopic (exact) mass is 1040 g/mol. The van der Waals surface area contributed by atoms with Crippen molar-refractivity contribution < 1.29 is 28.5 Å². The second-order valence-electron chi connectivity index (χ2n) is 17.7. The van der Waals surface area contributed by atoms with Crippen LogP contribution in [-0.4, -0.2) is 115 Å². The molecule has 17 nitrogen and oxygen atoms in total. The first-order valence-electron chi connectivity index (χ1n) is 25.0. The molecule has 400 valence electrons. The van der Waals surface area contributed by atoms with E-state index in [4.69, 9.17) is 46.8 Å². The van der Waals surface area contributed by atoms with Gasteiger partial charge in [0.2, 0.25) is 11.9 Å². The van der Waals surface area contributed by atoms with Gasteiger partial charge in [0.1, 0.15) is 23.0 Å². The molecule has 7 N–H and O–H groups in total. The van der Waals surface area contributed by atoms with E-state index < -0.39 is 5.24 Å². The average Bonchev–Trinajstić information content (AvgIpc) is 3.45. The third kappa shape index (κ3) is 18.5. The summed E-state index contributed by atoms with van der Waals surface area (Å²) in [5.41, 5.74) is 9.37. The molecule has 2 saturated carbocycles. The molecule has 18 heteroatoms. The highest BCUT2D eigenvalue weighted by Gasteiger charge is 2.38. The maximum Gasteiger partial charge on any atom is 0.256 e. The summed E-state index contributed by atoms with van der Waals surface area (Å²) in [6.07, 6.45) is 11.5. The maximum atomic E-state index is 13.1. The average molecular weight is 1040 g/mol. The van der Waals surface area contributed by atoms with E-state index in [-0.39, 0.29) is 22.8 Å². The number of amides is 1. The van der Waals surface area contributed by atoms with E-state index >= 15 is 0 Å². The summed E-state index contributed by atoms with van der Waals surface area (Å²) in [6, 6.07) is 31.4. The van der Waals surface area contributed by atoms with Crippen LogP contribution in [0.4, 0.5) is 0 Å². The number of aliphatic imine (C=N–C) groups is 2. The molecule has 4 aromatic carbocycles. The largest absolute Gasteiger partial charge is 0.497 e. The van der Waals surface area contributed by atoms with Crippen LogP contribution in [0.1, 0.15) is 104 Å². The molecule has 2 aliphatic carbocycles. The van der Waals surface area contributed by atoms with Crippen molar-refractivity contribution in [1.82, 2.24) is 31.5 Å². The lowest BCUT2D eigenvalue weighted by atomic mass is 9.68. The number of hydrogen-bond acceptors (Lipinski definition) is 12. The lowest BCUT2D eigenvalue weighted by Gasteiger charge is -2.41. The molecule has 0 unspecified atom stereocenters. The summed E-state index contributed by atoms with van der Waals surface area (Å²) < 4.78 is 20.6. The molecule has 0 spiro atoms. The van der Waals surface area contributed by atoms with Crippen LogP contribution in [0.5, 0.6) is 23.0 Å². The minimum absolute atomic E-state index is 0.0889. The molecular weight excluding hydrogens is 958 g/mol. The molecule has 1 amide bonds. The fraction of sp³-hybridized carbons (Fsp3) is 0.464. The minimum atomic E-state index is -0.542. The molecule has 4 aromatic rings. The number of methoxy groups -OCH3 is 4. The van der Waals surface area contributed by atoms with Crippen molar-refractivity contribution in [2.75, 3.05) is 75.3 Å². The first-order chi connectivity index (χ1) is 35.8. The molecule has 0 bridgehead atoms. The number of hydrogen-bond donors (Lipinski definition) is 6. The first kappa shape index (κ1) is 61.3. The van der Waals surface area contributed by atoms with E-state index in [1.165, 1.54) is 45.0 Å². The number of nitriles is 2. The van der Waals surface area contributed by atoms with E-state index in [0.29, 0.717) is 65.2 Å². The Morgan fingerprint density at radius 3 is 1.41 bits per heavy atom. The molecule has 0 aliphatic heterocycles. The Morgan fingerprint density at radius 2 is 1.05 bits per heavy atom. The molecule has 74 heavy (non-hydrogen) atoms. The van der Waals surface area contributed by atoms with Crippen molar-refractivity contribution in [3.8, 4) is 35.4 Å². The van der Waals surface area contributed by atoms with Crippen molar-refractivity contribution in [1.29, 1.82) is 10.5 Å². The number of rotatable bonds is 16. The van der Waals surface area contributed by atoms with Crippen LogP contribution in [0.3, 0.4) is 0 Å². The molecule has 0 atom stereocenters. The number of nitrogens with zero attached hydrogens (tertiary/aromatic N) is 5. The van der Waals surface area contributed by atoms with Gasteiger partial charge in [-0.2, -0.15) is 10.5 Å².